The minimum atomic E-state index is -0.188. The van der Waals surface area contributed by atoms with E-state index >= 15 is 0 Å². The average Bonchev–Trinajstić information content (AvgIpc) is 2.99. The topological polar surface area (TPSA) is 88.3 Å². The van der Waals surface area contributed by atoms with Crippen LogP contribution in [-0.2, 0) is 4.79 Å². The van der Waals surface area contributed by atoms with E-state index in [4.69, 9.17) is 4.52 Å². The van der Waals surface area contributed by atoms with Gasteiger partial charge in [-0.25, -0.2) is 0 Å². The second kappa shape index (κ2) is 7.53. The third kappa shape index (κ3) is 4.15. The van der Waals surface area contributed by atoms with Crippen molar-refractivity contribution >= 4 is 11.8 Å². The van der Waals surface area contributed by atoms with Gasteiger partial charge in [0.1, 0.15) is 0 Å². The summed E-state index contributed by atoms with van der Waals surface area (Å²) in [6.07, 6.45) is 0. The first kappa shape index (κ1) is 16.7. The number of likely N-dealkylation sites (N-methyl/N-ethyl adjacent to an activating group) is 2. The van der Waals surface area contributed by atoms with E-state index < -0.39 is 0 Å². The van der Waals surface area contributed by atoms with Gasteiger partial charge in [0.15, 0.2) is 5.82 Å². The van der Waals surface area contributed by atoms with Gasteiger partial charge in [-0.1, -0.05) is 5.16 Å². The maximum absolute atomic E-state index is 12.5. The molecule has 7 nitrogen and oxygen atoms in total. The molecule has 0 unspecified atom stereocenters. The van der Waals surface area contributed by atoms with E-state index in [2.05, 4.69) is 15.5 Å². The quantitative estimate of drug-likeness (QED) is 0.875. The molecule has 0 saturated heterocycles. The van der Waals surface area contributed by atoms with Gasteiger partial charge in [0, 0.05) is 24.2 Å². The van der Waals surface area contributed by atoms with Gasteiger partial charge in [0.05, 0.1) is 6.54 Å². The van der Waals surface area contributed by atoms with Crippen molar-refractivity contribution < 1.29 is 14.1 Å². The first-order valence-corrected chi connectivity index (χ1v) is 7.51. The summed E-state index contributed by atoms with van der Waals surface area (Å²) in [5, 5.41) is 6.43. The molecule has 0 spiro atoms. The number of amides is 2. The summed E-state index contributed by atoms with van der Waals surface area (Å²) >= 11 is 0. The number of hydrogen-bond donors (Lipinski definition) is 1. The Morgan fingerprint density at radius 3 is 2.43 bits per heavy atom. The van der Waals surface area contributed by atoms with Crippen molar-refractivity contribution in [1.29, 1.82) is 0 Å². The molecule has 23 heavy (non-hydrogen) atoms. The second-order valence-corrected chi connectivity index (χ2v) is 5.00. The fourth-order valence-corrected chi connectivity index (χ4v) is 2.11. The van der Waals surface area contributed by atoms with E-state index in [1.807, 2.05) is 13.8 Å². The minimum Gasteiger partial charge on any atom is -0.355 e. The number of aryl methyl sites for hydroxylation is 1. The van der Waals surface area contributed by atoms with E-state index in [1.165, 1.54) is 4.90 Å². The second-order valence-electron chi connectivity index (χ2n) is 5.00. The molecule has 0 atom stereocenters. The SMILES string of the molecule is CCNC(=O)CN(CC)C(=O)c1ccc(-c2nc(C)no2)cc1. The number of aromatic nitrogens is 2. The average molecular weight is 316 g/mol. The lowest BCUT2D eigenvalue weighted by atomic mass is 10.1. The molecule has 7 heteroatoms. The highest BCUT2D eigenvalue weighted by Gasteiger charge is 2.17. The Morgan fingerprint density at radius 1 is 1.22 bits per heavy atom. The molecule has 2 aromatic rings. The number of nitrogens with one attached hydrogen (secondary N) is 1. The van der Waals surface area contributed by atoms with Crippen LogP contribution in [0.25, 0.3) is 11.5 Å². The van der Waals surface area contributed by atoms with E-state index in [0.29, 0.717) is 30.4 Å². The maximum atomic E-state index is 12.5. The predicted octanol–water partition coefficient (Wildman–Crippen LogP) is 1.64. The third-order valence-electron chi connectivity index (χ3n) is 3.28. The number of rotatable bonds is 6. The van der Waals surface area contributed by atoms with Gasteiger partial charge in [-0.05, 0) is 45.0 Å². The molecule has 0 aliphatic heterocycles. The summed E-state index contributed by atoms with van der Waals surface area (Å²) < 4.78 is 5.09. The van der Waals surface area contributed by atoms with Gasteiger partial charge in [0.2, 0.25) is 5.91 Å². The van der Waals surface area contributed by atoms with Crippen LogP contribution in [0.1, 0.15) is 30.0 Å². The van der Waals surface area contributed by atoms with Crippen LogP contribution in [0.2, 0.25) is 0 Å². The lowest BCUT2D eigenvalue weighted by Crippen LogP contribution is -2.40. The Labute approximate surface area is 134 Å². The molecule has 0 bridgehead atoms. The zero-order chi connectivity index (χ0) is 16.8. The van der Waals surface area contributed by atoms with Gasteiger partial charge in [0.25, 0.3) is 11.8 Å². The van der Waals surface area contributed by atoms with Crippen molar-refractivity contribution in [3.8, 4) is 11.5 Å². The van der Waals surface area contributed by atoms with Crippen molar-refractivity contribution in [1.82, 2.24) is 20.4 Å². The highest BCUT2D eigenvalue weighted by molar-refractivity contribution is 5.96. The minimum absolute atomic E-state index is 0.0494. The standard InChI is InChI=1S/C16H20N4O3/c1-4-17-14(21)10-20(5-2)16(22)13-8-6-12(7-9-13)15-18-11(3)19-23-15/h6-9H,4-5,10H2,1-3H3,(H,17,21). The monoisotopic (exact) mass is 316 g/mol. The largest absolute Gasteiger partial charge is 0.355 e. The summed E-state index contributed by atoms with van der Waals surface area (Å²) in [6, 6.07) is 6.88. The van der Waals surface area contributed by atoms with Crippen molar-refractivity contribution in [3.05, 3.63) is 35.7 Å². The number of carbonyl (C=O) groups excluding carboxylic acids is 2. The van der Waals surface area contributed by atoms with Gasteiger partial charge < -0.3 is 14.7 Å². The van der Waals surface area contributed by atoms with Crippen molar-refractivity contribution in [2.75, 3.05) is 19.6 Å². The molecule has 0 radical (unpaired) electrons. The maximum Gasteiger partial charge on any atom is 0.257 e. The fraction of sp³-hybridized carbons (Fsp3) is 0.375. The number of hydrogen-bond acceptors (Lipinski definition) is 5. The number of benzene rings is 1. The summed E-state index contributed by atoms with van der Waals surface area (Å²) in [5.74, 6) is 0.614. The van der Waals surface area contributed by atoms with E-state index in [-0.39, 0.29) is 18.4 Å². The Balaban J connectivity index is 2.10. The lowest BCUT2D eigenvalue weighted by Gasteiger charge is -2.20. The summed E-state index contributed by atoms with van der Waals surface area (Å²) in [7, 11) is 0. The van der Waals surface area contributed by atoms with Crippen LogP contribution in [0, 0.1) is 6.92 Å². The van der Waals surface area contributed by atoms with Gasteiger partial charge >= 0.3 is 0 Å². The summed E-state index contributed by atoms with van der Waals surface area (Å²) in [4.78, 5) is 29.8. The predicted molar refractivity (Wildman–Crippen MR) is 84.7 cm³/mol. The van der Waals surface area contributed by atoms with E-state index in [9.17, 15) is 9.59 Å². The first-order chi connectivity index (χ1) is 11.0. The van der Waals surface area contributed by atoms with Crippen LogP contribution in [0.4, 0.5) is 0 Å². The molecule has 0 saturated carbocycles. The molecule has 2 rings (SSSR count). The molecule has 0 aliphatic rings. The van der Waals surface area contributed by atoms with Crippen LogP contribution in [0.15, 0.2) is 28.8 Å². The van der Waals surface area contributed by atoms with Crippen LogP contribution < -0.4 is 5.32 Å². The zero-order valence-corrected chi connectivity index (χ0v) is 13.5. The Bertz CT molecular complexity index is 679. The van der Waals surface area contributed by atoms with Crippen LogP contribution in [-0.4, -0.2) is 46.5 Å². The van der Waals surface area contributed by atoms with Crippen LogP contribution in [0.5, 0.6) is 0 Å². The molecule has 122 valence electrons. The third-order valence-corrected chi connectivity index (χ3v) is 3.28. The molecule has 1 heterocycles. The Hall–Kier alpha value is -2.70. The lowest BCUT2D eigenvalue weighted by molar-refractivity contribution is -0.121. The van der Waals surface area contributed by atoms with Crippen LogP contribution in [0.3, 0.4) is 0 Å². The number of carbonyl (C=O) groups is 2. The zero-order valence-electron chi connectivity index (χ0n) is 13.5. The highest BCUT2D eigenvalue weighted by atomic mass is 16.5. The molecule has 2 amide bonds. The molecule has 1 aromatic heterocycles. The Morgan fingerprint density at radius 2 is 1.91 bits per heavy atom. The molecular formula is C16H20N4O3. The van der Waals surface area contributed by atoms with Crippen molar-refractivity contribution in [2.24, 2.45) is 0 Å². The highest BCUT2D eigenvalue weighted by Crippen LogP contribution is 2.18. The van der Waals surface area contributed by atoms with Gasteiger partial charge in [-0.2, -0.15) is 4.98 Å². The molecule has 0 fully saturated rings. The van der Waals surface area contributed by atoms with Crippen molar-refractivity contribution in [2.45, 2.75) is 20.8 Å². The smallest absolute Gasteiger partial charge is 0.257 e. The summed E-state index contributed by atoms with van der Waals surface area (Å²) in [6.45, 7) is 6.48. The fourth-order valence-electron chi connectivity index (χ4n) is 2.11. The normalized spacial score (nSPS) is 10.4. The summed E-state index contributed by atoms with van der Waals surface area (Å²) in [5.41, 5.74) is 1.25. The molecule has 1 aromatic carbocycles. The number of nitrogens with zero attached hydrogens (tertiary/aromatic N) is 3. The van der Waals surface area contributed by atoms with Gasteiger partial charge in [-0.3, -0.25) is 9.59 Å². The molecule has 1 N–H and O–H groups in total. The van der Waals surface area contributed by atoms with Gasteiger partial charge in [-0.15, -0.1) is 0 Å². The van der Waals surface area contributed by atoms with Crippen LogP contribution >= 0.6 is 0 Å². The van der Waals surface area contributed by atoms with Crippen molar-refractivity contribution in [3.63, 3.8) is 0 Å². The van der Waals surface area contributed by atoms with E-state index in [1.54, 1.807) is 31.2 Å². The first-order valence-electron chi connectivity index (χ1n) is 7.51. The molecule has 0 aliphatic carbocycles. The molecular weight excluding hydrogens is 296 g/mol. The Kier molecular flexibility index (Phi) is 5.46. The van der Waals surface area contributed by atoms with E-state index in [0.717, 1.165) is 5.56 Å².